The van der Waals surface area contributed by atoms with Gasteiger partial charge in [-0.1, -0.05) is 5.92 Å². The average Bonchev–Trinajstić information content (AvgIpc) is 2.79. The van der Waals surface area contributed by atoms with E-state index in [1.807, 2.05) is 18.3 Å². The molecule has 1 aliphatic heterocycles. The molecule has 0 unspecified atom stereocenters. The summed E-state index contributed by atoms with van der Waals surface area (Å²) in [5, 5.41) is 0. The molecular formula is C12H15NS. The van der Waals surface area contributed by atoms with Crippen LogP contribution in [0.4, 0.5) is 0 Å². The van der Waals surface area contributed by atoms with E-state index >= 15 is 0 Å². The van der Waals surface area contributed by atoms with Crippen molar-refractivity contribution >= 4 is 11.3 Å². The molecule has 1 saturated heterocycles. The summed E-state index contributed by atoms with van der Waals surface area (Å²) >= 11 is 1.83. The van der Waals surface area contributed by atoms with Gasteiger partial charge in [0.05, 0.1) is 4.88 Å². The molecule has 1 fully saturated rings. The predicted octanol–water partition coefficient (Wildman–Crippen LogP) is 2.72. The van der Waals surface area contributed by atoms with Gasteiger partial charge in [-0.15, -0.1) is 17.3 Å². The van der Waals surface area contributed by atoms with E-state index in [-0.39, 0.29) is 0 Å². The first-order valence-corrected chi connectivity index (χ1v) is 5.94. The van der Waals surface area contributed by atoms with E-state index in [1.165, 1.54) is 35.7 Å². The quantitative estimate of drug-likeness (QED) is 0.671. The zero-order valence-corrected chi connectivity index (χ0v) is 9.36. The van der Waals surface area contributed by atoms with Crippen LogP contribution in [-0.2, 0) is 6.54 Å². The standard InChI is InChI=1S/C12H15NS/c1-2-5-11-6-7-12(14-11)10-13-8-3-4-9-13/h6-7H,3-4,8-10H2,1H3. The minimum atomic E-state index is 1.12. The van der Waals surface area contributed by atoms with Gasteiger partial charge in [-0.25, -0.2) is 0 Å². The maximum Gasteiger partial charge on any atom is 0.0771 e. The fourth-order valence-corrected chi connectivity index (χ4v) is 2.77. The monoisotopic (exact) mass is 205 g/mol. The molecule has 2 heterocycles. The largest absolute Gasteiger partial charge is 0.298 e. The van der Waals surface area contributed by atoms with Gasteiger partial charge in [0, 0.05) is 11.4 Å². The second-order valence-electron chi connectivity index (χ2n) is 3.62. The highest BCUT2D eigenvalue weighted by molar-refractivity contribution is 7.12. The van der Waals surface area contributed by atoms with E-state index in [2.05, 4.69) is 28.9 Å². The van der Waals surface area contributed by atoms with Gasteiger partial charge in [0.15, 0.2) is 0 Å². The molecule has 2 heteroatoms. The van der Waals surface area contributed by atoms with Gasteiger partial charge in [-0.3, -0.25) is 4.90 Å². The first kappa shape index (κ1) is 9.76. The highest BCUT2D eigenvalue weighted by Crippen LogP contribution is 2.19. The molecule has 0 aromatic carbocycles. The van der Waals surface area contributed by atoms with Crippen molar-refractivity contribution in [3.8, 4) is 11.8 Å². The van der Waals surface area contributed by atoms with Crippen molar-refractivity contribution in [1.82, 2.24) is 4.90 Å². The van der Waals surface area contributed by atoms with Crippen LogP contribution in [0.15, 0.2) is 12.1 Å². The molecule has 1 aromatic heterocycles. The number of rotatable bonds is 2. The molecule has 0 bridgehead atoms. The Hall–Kier alpha value is -0.780. The summed E-state index contributed by atoms with van der Waals surface area (Å²) in [6.07, 6.45) is 2.74. The lowest BCUT2D eigenvalue weighted by molar-refractivity contribution is 0.334. The van der Waals surface area contributed by atoms with Crippen LogP contribution in [0.3, 0.4) is 0 Å². The van der Waals surface area contributed by atoms with Gasteiger partial charge in [-0.2, -0.15) is 0 Å². The summed E-state index contributed by atoms with van der Waals surface area (Å²) in [5.41, 5.74) is 0. The van der Waals surface area contributed by atoms with Crippen molar-refractivity contribution < 1.29 is 0 Å². The molecule has 0 saturated carbocycles. The average molecular weight is 205 g/mol. The smallest absolute Gasteiger partial charge is 0.0771 e. The molecule has 1 nitrogen and oxygen atoms in total. The van der Waals surface area contributed by atoms with Crippen molar-refractivity contribution in [2.24, 2.45) is 0 Å². The molecule has 0 amide bonds. The van der Waals surface area contributed by atoms with Crippen molar-refractivity contribution in [1.29, 1.82) is 0 Å². The molecule has 74 valence electrons. The van der Waals surface area contributed by atoms with Crippen LogP contribution in [-0.4, -0.2) is 18.0 Å². The van der Waals surface area contributed by atoms with Crippen molar-refractivity contribution in [2.45, 2.75) is 26.3 Å². The third-order valence-corrected chi connectivity index (χ3v) is 3.47. The summed E-state index contributed by atoms with van der Waals surface area (Å²) < 4.78 is 0. The Labute approximate surface area is 89.7 Å². The number of hydrogen-bond acceptors (Lipinski definition) is 2. The Morgan fingerprint density at radius 2 is 2.14 bits per heavy atom. The van der Waals surface area contributed by atoms with Crippen molar-refractivity contribution in [3.05, 3.63) is 21.9 Å². The fourth-order valence-electron chi connectivity index (χ4n) is 1.81. The Morgan fingerprint density at radius 1 is 1.36 bits per heavy atom. The Bertz CT molecular complexity index is 350. The van der Waals surface area contributed by atoms with Crippen LogP contribution in [0, 0.1) is 11.8 Å². The topological polar surface area (TPSA) is 3.24 Å². The molecule has 0 aliphatic carbocycles. The lowest BCUT2D eigenvalue weighted by atomic mass is 10.4. The molecule has 14 heavy (non-hydrogen) atoms. The molecule has 1 aliphatic rings. The summed E-state index contributed by atoms with van der Waals surface area (Å²) in [5.74, 6) is 6.04. The zero-order valence-electron chi connectivity index (χ0n) is 8.55. The highest BCUT2D eigenvalue weighted by Gasteiger charge is 2.12. The van der Waals surface area contributed by atoms with Crippen LogP contribution in [0.2, 0.25) is 0 Å². The lowest BCUT2D eigenvalue weighted by Gasteiger charge is -2.12. The molecule has 0 radical (unpaired) electrons. The van der Waals surface area contributed by atoms with Gasteiger partial charge in [-0.05, 0) is 45.0 Å². The van der Waals surface area contributed by atoms with Gasteiger partial charge in [0.25, 0.3) is 0 Å². The minimum Gasteiger partial charge on any atom is -0.298 e. The molecule has 0 atom stereocenters. The van der Waals surface area contributed by atoms with E-state index in [9.17, 15) is 0 Å². The van der Waals surface area contributed by atoms with E-state index in [0.717, 1.165) is 6.54 Å². The van der Waals surface area contributed by atoms with Gasteiger partial charge >= 0.3 is 0 Å². The van der Waals surface area contributed by atoms with E-state index in [4.69, 9.17) is 0 Å². The highest BCUT2D eigenvalue weighted by atomic mass is 32.1. The van der Waals surface area contributed by atoms with Gasteiger partial charge in [0.2, 0.25) is 0 Å². The second-order valence-corrected chi connectivity index (χ2v) is 4.79. The van der Waals surface area contributed by atoms with Crippen LogP contribution in [0.5, 0.6) is 0 Å². The van der Waals surface area contributed by atoms with Crippen LogP contribution in [0.1, 0.15) is 29.5 Å². The molecule has 2 rings (SSSR count). The fraction of sp³-hybridized carbons (Fsp3) is 0.500. The molecule has 0 N–H and O–H groups in total. The first-order valence-electron chi connectivity index (χ1n) is 5.12. The third-order valence-electron chi connectivity index (χ3n) is 2.49. The number of hydrogen-bond donors (Lipinski definition) is 0. The summed E-state index contributed by atoms with van der Waals surface area (Å²) in [6.45, 7) is 5.55. The van der Waals surface area contributed by atoms with Crippen molar-refractivity contribution in [3.63, 3.8) is 0 Å². The molecular weight excluding hydrogens is 190 g/mol. The lowest BCUT2D eigenvalue weighted by Crippen LogP contribution is -2.17. The van der Waals surface area contributed by atoms with Crippen LogP contribution in [0.25, 0.3) is 0 Å². The zero-order chi connectivity index (χ0) is 9.80. The maximum absolute atomic E-state index is 3.10. The van der Waals surface area contributed by atoms with E-state index in [0.29, 0.717) is 0 Å². The number of thiophene rings is 1. The molecule has 1 aromatic rings. The number of nitrogens with zero attached hydrogens (tertiary/aromatic N) is 1. The Balaban J connectivity index is 1.97. The summed E-state index contributed by atoms with van der Waals surface area (Å²) in [6, 6.07) is 4.34. The third kappa shape index (κ3) is 2.37. The normalized spacial score (nSPS) is 16.6. The maximum atomic E-state index is 3.10. The van der Waals surface area contributed by atoms with Crippen molar-refractivity contribution in [2.75, 3.05) is 13.1 Å². The Kier molecular flexibility index (Phi) is 3.23. The first-order chi connectivity index (χ1) is 6.88. The summed E-state index contributed by atoms with van der Waals surface area (Å²) in [4.78, 5) is 5.17. The minimum absolute atomic E-state index is 1.12. The van der Waals surface area contributed by atoms with Gasteiger partial charge in [0.1, 0.15) is 0 Å². The van der Waals surface area contributed by atoms with E-state index < -0.39 is 0 Å². The van der Waals surface area contributed by atoms with E-state index in [1.54, 1.807) is 0 Å². The second kappa shape index (κ2) is 4.63. The van der Waals surface area contributed by atoms with Crippen LogP contribution < -0.4 is 0 Å². The predicted molar refractivity (Wildman–Crippen MR) is 61.4 cm³/mol. The molecule has 0 spiro atoms. The van der Waals surface area contributed by atoms with Gasteiger partial charge < -0.3 is 0 Å². The number of likely N-dealkylation sites (tertiary alicyclic amines) is 1. The Morgan fingerprint density at radius 3 is 2.86 bits per heavy atom. The summed E-state index contributed by atoms with van der Waals surface area (Å²) in [7, 11) is 0. The SMILES string of the molecule is CC#Cc1ccc(CN2CCCC2)s1. The van der Waals surface area contributed by atoms with Crippen LogP contribution >= 0.6 is 11.3 Å².